The molecule has 0 aliphatic rings. The van der Waals surface area contributed by atoms with Gasteiger partial charge in [0.2, 0.25) is 0 Å². The molecule has 4 nitrogen and oxygen atoms in total. The fraction of sp³-hybridized carbons (Fsp3) is 0.800. The topological polar surface area (TPSA) is 52.6 Å². The first-order chi connectivity index (χ1) is 6.70. The third-order valence-electron chi connectivity index (χ3n) is 1.74. The molecule has 0 N–H and O–H groups in total. The molecule has 0 spiro atoms. The third kappa shape index (κ3) is 7.73. The molecule has 14 heavy (non-hydrogen) atoms. The second kappa shape index (κ2) is 8.69. The molecule has 0 amide bonds. The number of rotatable bonds is 8. The summed E-state index contributed by atoms with van der Waals surface area (Å²) >= 11 is 0. The predicted octanol–water partition coefficient (Wildman–Crippen LogP) is 1.33. The Morgan fingerprint density at radius 2 is 1.93 bits per heavy atom. The van der Waals surface area contributed by atoms with Crippen molar-refractivity contribution in [3.63, 3.8) is 0 Å². The van der Waals surface area contributed by atoms with Crippen LogP contribution in [0.25, 0.3) is 0 Å². The lowest BCUT2D eigenvalue weighted by molar-refractivity contribution is -0.143. The van der Waals surface area contributed by atoms with Gasteiger partial charge in [-0.1, -0.05) is 13.3 Å². The van der Waals surface area contributed by atoms with Gasteiger partial charge < -0.3 is 9.47 Å². The van der Waals surface area contributed by atoms with Crippen molar-refractivity contribution in [3.8, 4) is 0 Å². The maximum absolute atomic E-state index is 11.1. The van der Waals surface area contributed by atoms with Crippen molar-refractivity contribution in [3.05, 3.63) is 0 Å². The molecule has 0 saturated carbocycles. The number of esters is 1. The van der Waals surface area contributed by atoms with Crippen LogP contribution in [0.4, 0.5) is 0 Å². The summed E-state index contributed by atoms with van der Waals surface area (Å²) in [6.07, 6.45) is 2.23. The molecular formula is C10H18O4. The van der Waals surface area contributed by atoms with Gasteiger partial charge in [0.25, 0.3) is 0 Å². The normalized spacial score (nSPS) is 9.86. The Bertz CT molecular complexity index is 177. The van der Waals surface area contributed by atoms with Gasteiger partial charge in [-0.2, -0.15) is 0 Å². The largest absolute Gasteiger partial charge is 0.469 e. The van der Waals surface area contributed by atoms with E-state index >= 15 is 0 Å². The number of methoxy groups -OCH3 is 1. The standard InChI is InChI=1S/C10H18O4/c1-3-4-6-14-7-5-9(11)8-10(12)13-2/h3-8H2,1-2H3. The molecule has 82 valence electrons. The first-order valence-corrected chi connectivity index (χ1v) is 4.87. The Morgan fingerprint density at radius 3 is 2.50 bits per heavy atom. The molecule has 0 radical (unpaired) electrons. The van der Waals surface area contributed by atoms with Crippen LogP contribution >= 0.6 is 0 Å². The zero-order chi connectivity index (χ0) is 10.8. The molecule has 0 fully saturated rings. The van der Waals surface area contributed by atoms with Gasteiger partial charge in [-0.15, -0.1) is 0 Å². The van der Waals surface area contributed by atoms with Gasteiger partial charge >= 0.3 is 5.97 Å². The molecule has 0 saturated heterocycles. The van der Waals surface area contributed by atoms with Crippen LogP contribution < -0.4 is 0 Å². The Labute approximate surface area is 84.6 Å². The van der Waals surface area contributed by atoms with Gasteiger partial charge in [-0.25, -0.2) is 0 Å². The van der Waals surface area contributed by atoms with E-state index < -0.39 is 5.97 Å². The molecule has 0 aliphatic heterocycles. The number of hydrogen-bond acceptors (Lipinski definition) is 4. The van der Waals surface area contributed by atoms with E-state index in [1.165, 1.54) is 7.11 Å². The van der Waals surface area contributed by atoms with Gasteiger partial charge in [0, 0.05) is 13.0 Å². The summed E-state index contributed by atoms with van der Waals surface area (Å²) in [4.78, 5) is 21.7. The molecule has 0 rings (SSSR count). The van der Waals surface area contributed by atoms with Crippen LogP contribution in [0.2, 0.25) is 0 Å². The number of unbranched alkanes of at least 4 members (excludes halogenated alkanes) is 1. The Hall–Kier alpha value is -0.900. The second-order valence-corrected chi connectivity index (χ2v) is 3.01. The molecule has 0 bridgehead atoms. The van der Waals surface area contributed by atoms with Crippen molar-refractivity contribution in [2.75, 3.05) is 20.3 Å². The van der Waals surface area contributed by atoms with E-state index in [2.05, 4.69) is 11.7 Å². The quantitative estimate of drug-likeness (QED) is 0.338. The highest BCUT2D eigenvalue weighted by molar-refractivity contribution is 5.95. The van der Waals surface area contributed by atoms with Crippen molar-refractivity contribution in [2.45, 2.75) is 32.6 Å². The smallest absolute Gasteiger partial charge is 0.313 e. The summed E-state index contributed by atoms with van der Waals surface area (Å²) < 4.78 is 9.55. The van der Waals surface area contributed by atoms with Gasteiger partial charge in [-0.3, -0.25) is 9.59 Å². The fourth-order valence-corrected chi connectivity index (χ4v) is 0.856. The fourth-order valence-electron chi connectivity index (χ4n) is 0.856. The van der Waals surface area contributed by atoms with Crippen LogP contribution in [0.5, 0.6) is 0 Å². The zero-order valence-electron chi connectivity index (χ0n) is 8.88. The number of ether oxygens (including phenoxy) is 2. The van der Waals surface area contributed by atoms with Crippen LogP contribution in [0.3, 0.4) is 0 Å². The molecule has 0 unspecified atom stereocenters. The summed E-state index contributed by atoms with van der Waals surface area (Å²) in [6.45, 7) is 3.16. The Balaban J connectivity index is 3.31. The Morgan fingerprint density at radius 1 is 1.21 bits per heavy atom. The van der Waals surface area contributed by atoms with Crippen molar-refractivity contribution in [1.29, 1.82) is 0 Å². The van der Waals surface area contributed by atoms with E-state index in [1.54, 1.807) is 0 Å². The minimum Gasteiger partial charge on any atom is -0.469 e. The van der Waals surface area contributed by atoms with Gasteiger partial charge in [-0.05, 0) is 6.42 Å². The average molecular weight is 202 g/mol. The number of carbonyl (C=O) groups excluding carboxylic acids is 2. The highest BCUT2D eigenvalue weighted by Crippen LogP contribution is 1.95. The average Bonchev–Trinajstić information content (AvgIpc) is 2.17. The van der Waals surface area contributed by atoms with Crippen LogP contribution in [0.15, 0.2) is 0 Å². The highest BCUT2D eigenvalue weighted by atomic mass is 16.5. The second-order valence-electron chi connectivity index (χ2n) is 3.01. The Kier molecular flexibility index (Phi) is 8.13. The van der Waals surface area contributed by atoms with E-state index in [0.29, 0.717) is 19.6 Å². The van der Waals surface area contributed by atoms with E-state index in [0.717, 1.165) is 12.8 Å². The van der Waals surface area contributed by atoms with Crippen LogP contribution in [0.1, 0.15) is 32.6 Å². The monoisotopic (exact) mass is 202 g/mol. The van der Waals surface area contributed by atoms with Crippen molar-refractivity contribution in [1.82, 2.24) is 0 Å². The molecule has 0 atom stereocenters. The summed E-state index contributed by atoms with van der Waals surface area (Å²) in [5.41, 5.74) is 0. The van der Waals surface area contributed by atoms with Crippen molar-refractivity contribution in [2.24, 2.45) is 0 Å². The number of Topliss-reactive ketones (excluding diaryl/α,β-unsaturated/α-hetero) is 1. The number of ketones is 1. The lowest BCUT2D eigenvalue weighted by atomic mass is 10.2. The summed E-state index contributed by atoms with van der Waals surface area (Å²) in [5, 5.41) is 0. The number of hydrogen-bond donors (Lipinski definition) is 0. The maximum atomic E-state index is 11.1. The molecule has 0 aromatic heterocycles. The van der Waals surface area contributed by atoms with Crippen molar-refractivity contribution >= 4 is 11.8 Å². The summed E-state index contributed by atoms with van der Waals surface area (Å²) in [6, 6.07) is 0. The minimum atomic E-state index is -0.483. The van der Waals surface area contributed by atoms with E-state index in [9.17, 15) is 9.59 Å². The van der Waals surface area contributed by atoms with Gasteiger partial charge in [0.15, 0.2) is 0 Å². The molecule has 4 heteroatoms. The molecule has 0 aromatic rings. The van der Waals surface area contributed by atoms with Gasteiger partial charge in [0.05, 0.1) is 13.7 Å². The molecular weight excluding hydrogens is 184 g/mol. The van der Waals surface area contributed by atoms with Crippen LogP contribution in [0, 0.1) is 0 Å². The summed E-state index contributed by atoms with van der Waals surface area (Å²) in [5.74, 6) is -0.614. The lowest BCUT2D eigenvalue weighted by Gasteiger charge is -2.02. The molecule has 0 aliphatic carbocycles. The summed E-state index contributed by atoms with van der Waals surface area (Å²) in [7, 11) is 1.27. The van der Waals surface area contributed by atoms with E-state index in [-0.39, 0.29) is 12.2 Å². The van der Waals surface area contributed by atoms with E-state index in [4.69, 9.17) is 4.74 Å². The zero-order valence-corrected chi connectivity index (χ0v) is 8.88. The SMILES string of the molecule is CCCCOCCC(=O)CC(=O)OC. The highest BCUT2D eigenvalue weighted by Gasteiger charge is 2.08. The molecule has 0 aromatic carbocycles. The first-order valence-electron chi connectivity index (χ1n) is 4.87. The minimum absolute atomic E-state index is 0.131. The number of carbonyl (C=O) groups is 2. The van der Waals surface area contributed by atoms with Crippen LogP contribution in [-0.2, 0) is 19.1 Å². The van der Waals surface area contributed by atoms with Crippen LogP contribution in [-0.4, -0.2) is 32.1 Å². The first kappa shape index (κ1) is 13.1. The third-order valence-corrected chi connectivity index (χ3v) is 1.74. The van der Waals surface area contributed by atoms with E-state index in [1.807, 2.05) is 0 Å². The molecule has 0 heterocycles. The predicted molar refractivity (Wildman–Crippen MR) is 52.0 cm³/mol. The maximum Gasteiger partial charge on any atom is 0.313 e. The lowest BCUT2D eigenvalue weighted by Crippen LogP contribution is -2.11. The van der Waals surface area contributed by atoms with Crippen molar-refractivity contribution < 1.29 is 19.1 Å². The van der Waals surface area contributed by atoms with Gasteiger partial charge in [0.1, 0.15) is 12.2 Å².